The zero-order valence-corrected chi connectivity index (χ0v) is 20.4. The number of benzene rings is 3. The SMILES string of the molecule is CCc1nn(C2CCCC2)c2cc(C(=O)Nc3ccc(C(=O)NOCc4ccccc4)cc3)ccc12. The molecule has 1 fully saturated rings. The maximum atomic E-state index is 13.0. The van der Waals surface area contributed by atoms with Gasteiger partial charge in [-0.3, -0.25) is 19.1 Å². The van der Waals surface area contributed by atoms with E-state index in [1.807, 2.05) is 48.5 Å². The number of amides is 2. The summed E-state index contributed by atoms with van der Waals surface area (Å²) in [4.78, 5) is 30.7. The summed E-state index contributed by atoms with van der Waals surface area (Å²) in [6.45, 7) is 2.39. The third-order valence-corrected chi connectivity index (χ3v) is 6.70. The van der Waals surface area contributed by atoms with E-state index in [9.17, 15) is 9.59 Å². The molecule has 7 heteroatoms. The molecular weight excluding hydrogens is 452 g/mol. The lowest BCUT2D eigenvalue weighted by molar-refractivity contribution is 0.0233. The van der Waals surface area contributed by atoms with Crippen molar-refractivity contribution in [3.05, 3.63) is 95.2 Å². The lowest BCUT2D eigenvalue weighted by Gasteiger charge is -2.12. The maximum absolute atomic E-state index is 13.0. The quantitative estimate of drug-likeness (QED) is 0.310. The van der Waals surface area contributed by atoms with Crippen molar-refractivity contribution in [3.63, 3.8) is 0 Å². The van der Waals surface area contributed by atoms with Gasteiger partial charge in [-0.25, -0.2) is 5.48 Å². The Kier molecular flexibility index (Phi) is 7.09. The molecule has 184 valence electrons. The van der Waals surface area contributed by atoms with Gasteiger partial charge in [0.25, 0.3) is 11.8 Å². The number of nitrogens with one attached hydrogen (secondary N) is 2. The first kappa shape index (κ1) is 23.8. The highest BCUT2D eigenvalue weighted by Gasteiger charge is 2.22. The number of anilines is 1. The standard InChI is InChI=1S/C29H30N4O3/c1-2-26-25-17-14-22(18-27(25)33(31-26)24-10-6-7-11-24)28(34)30-23-15-12-21(13-16-23)29(35)32-36-19-20-8-4-3-5-9-20/h3-5,8-9,12-18,24H,2,6-7,10-11,19H2,1H3,(H,30,34)(H,32,35). The van der Waals surface area contributed by atoms with E-state index in [0.29, 0.717) is 22.9 Å². The molecule has 2 N–H and O–H groups in total. The Morgan fingerprint density at radius 2 is 1.67 bits per heavy atom. The monoisotopic (exact) mass is 482 g/mol. The first-order valence-corrected chi connectivity index (χ1v) is 12.5. The van der Waals surface area contributed by atoms with E-state index in [1.54, 1.807) is 24.3 Å². The number of nitrogens with zero attached hydrogens (tertiary/aromatic N) is 2. The molecule has 0 spiro atoms. The fourth-order valence-electron chi connectivity index (χ4n) is 4.76. The van der Waals surface area contributed by atoms with Crippen LogP contribution in [0.1, 0.15) is 70.6 Å². The predicted molar refractivity (Wildman–Crippen MR) is 140 cm³/mol. The molecule has 1 saturated carbocycles. The Morgan fingerprint density at radius 1 is 0.944 bits per heavy atom. The minimum atomic E-state index is -0.346. The van der Waals surface area contributed by atoms with Gasteiger partial charge in [0.2, 0.25) is 0 Å². The summed E-state index contributed by atoms with van der Waals surface area (Å²) in [6, 6.07) is 22.5. The van der Waals surface area contributed by atoms with Crippen molar-refractivity contribution in [2.75, 3.05) is 5.32 Å². The van der Waals surface area contributed by atoms with Gasteiger partial charge in [-0.2, -0.15) is 5.10 Å². The Labute approximate surface area is 210 Å². The fraction of sp³-hybridized carbons (Fsp3) is 0.276. The zero-order chi connectivity index (χ0) is 24.9. The van der Waals surface area contributed by atoms with Crippen LogP contribution in [0.5, 0.6) is 0 Å². The van der Waals surface area contributed by atoms with E-state index in [4.69, 9.17) is 9.94 Å². The van der Waals surface area contributed by atoms with Gasteiger partial charge in [0, 0.05) is 22.2 Å². The van der Waals surface area contributed by atoms with Gasteiger partial charge in [0.15, 0.2) is 0 Å². The largest absolute Gasteiger partial charge is 0.322 e. The average Bonchev–Trinajstić information content (AvgIpc) is 3.57. The van der Waals surface area contributed by atoms with Gasteiger partial charge < -0.3 is 5.32 Å². The van der Waals surface area contributed by atoms with Crippen molar-refractivity contribution in [3.8, 4) is 0 Å². The highest BCUT2D eigenvalue weighted by molar-refractivity contribution is 6.06. The summed E-state index contributed by atoms with van der Waals surface area (Å²) in [7, 11) is 0. The molecular formula is C29H30N4O3. The number of hydrogen-bond acceptors (Lipinski definition) is 4. The number of fused-ring (bicyclic) bond motifs is 1. The van der Waals surface area contributed by atoms with E-state index in [-0.39, 0.29) is 18.4 Å². The van der Waals surface area contributed by atoms with Crippen LogP contribution in [-0.4, -0.2) is 21.6 Å². The number of rotatable bonds is 8. The molecule has 1 heterocycles. The van der Waals surface area contributed by atoms with Crippen LogP contribution in [0.4, 0.5) is 5.69 Å². The summed E-state index contributed by atoms with van der Waals surface area (Å²) in [5, 5.41) is 8.92. The molecule has 2 amide bonds. The Morgan fingerprint density at radius 3 is 2.39 bits per heavy atom. The van der Waals surface area contributed by atoms with Crippen molar-refractivity contribution in [2.24, 2.45) is 0 Å². The number of aryl methyl sites for hydroxylation is 1. The van der Waals surface area contributed by atoms with Crippen LogP contribution < -0.4 is 10.8 Å². The minimum Gasteiger partial charge on any atom is -0.322 e. The van der Waals surface area contributed by atoms with Crippen LogP contribution in [0.25, 0.3) is 10.9 Å². The molecule has 7 nitrogen and oxygen atoms in total. The Hall–Kier alpha value is -3.97. The van der Waals surface area contributed by atoms with Gasteiger partial charge in [-0.15, -0.1) is 0 Å². The average molecular weight is 483 g/mol. The number of aromatic nitrogens is 2. The Bertz CT molecular complexity index is 1360. The van der Waals surface area contributed by atoms with Gasteiger partial charge in [-0.05, 0) is 61.2 Å². The fourth-order valence-corrected chi connectivity index (χ4v) is 4.76. The maximum Gasteiger partial charge on any atom is 0.274 e. The molecule has 0 atom stereocenters. The Balaban J connectivity index is 1.24. The van der Waals surface area contributed by atoms with Crippen molar-refractivity contribution in [1.29, 1.82) is 0 Å². The van der Waals surface area contributed by atoms with E-state index >= 15 is 0 Å². The predicted octanol–water partition coefficient (Wildman–Crippen LogP) is 5.83. The summed E-state index contributed by atoms with van der Waals surface area (Å²) in [6.07, 6.45) is 5.57. The second-order valence-electron chi connectivity index (χ2n) is 9.15. The molecule has 1 aliphatic carbocycles. The van der Waals surface area contributed by atoms with Crippen molar-refractivity contribution in [1.82, 2.24) is 15.3 Å². The molecule has 0 unspecified atom stereocenters. The van der Waals surface area contributed by atoms with Crippen LogP contribution >= 0.6 is 0 Å². The summed E-state index contributed by atoms with van der Waals surface area (Å²) in [5.41, 5.74) is 7.15. The smallest absolute Gasteiger partial charge is 0.274 e. The van der Waals surface area contributed by atoms with Crippen LogP contribution in [0.2, 0.25) is 0 Å². The third kappa shape index (κ3) is 5.16. The molecule has 4 aromatic rings. The number of carbonyl (C=O) groups is 2. The lowest BCUT2D eigenvalue weighted by Crippen LogP contribution is -2.23. The first-order chi connectivity index (χ1) is 17.6. The molecule has 3 aromatic carbocycles. The summed E-state index contributed by atoms with van der Waals surface area (Å²) in [5.74, 6) is -0.543. The topological polar surface area (TPSA) is 85.2 Å². The van der Waals surface area contributed by atoms with Crippen LogP contribution in [0, 0.1) is 0 Å². The lowest BCUT2D eigenvalue weighted by atomic mass is 10.1. The van der Waals surface area contributed by atoms with Gasteiger partial charge in [0.1, 0.15) is 0 Å². The van der Waals surface area contributed by atoms with E-state index < -0.39 is 0 Å². The van der Waals surface area contributed by atoms with E-state index in [0.717, 1.165) is 41.4 Å². The minimum absolute atomic E-state index is 0.197. The summed E-state index contributed by atoms with van der Waals surface area (Å²) >= 11 is 0. The molecule has 5 rings (SSSR count). The van der Waals surface area contributed by atoms with Crippen molar-refractivity contribution >= 4 is 28.4 Å². The molecule has 0 saturated heterocycles. The second kappa shape index (κ2) is 10.7. The molecule has 1 aromatic heterocycles. The van der Waals surface area contributed by atoms with Crippen molar-refractivity contribution in [2.45, 2.75) is 51.7 Å². The number of carbonyl (C=O) groups excluding carboxylic acids is 2. The highest BCUT2D eigenvalue weighted by atomic mass is 16.6. The molecule has 0 aliphatic heterocycles. The van der Waals surface area contributed by atoms with Crippen LogP contribution in [0.15, 0.2) is 72.8 Å². The van der Waals surface area contributed by atoms with Crippen molar-refractivity contribution < 1.29 is 14.4 Å². The highest BCUT2D eigenvalue weighted by Crippen LogP contribution is 2.33. The first-order valence-electron chi connectivity index (χ1n) is 12.5. The number of hydroxylamine groups is 1. The molecule has 0 bridgehead atoms. The normalized spacial score (nSPS) is 13.7. The van der Waals surface area contributed by atoms with E-state index in [2.05, 4.69) is 22.4 Å². The van der Waals surface area contributed by atoms with Gasteiger partial charge in [-0.1, -0.05) is 56.2 Å². The van der Waals surface area contributed by atoms with Crippen LogP contribution in [-0.2, 0) is 17.9 Å². The van der Waals surface area contributed by atoms with Crippen LogP contribution in [0.3, 0.4) is 0 Å². The van der Waals surface area contributed by atoms with Gasteiger partial charge in [0.05, 0.1) is 23.9 Å². The summed E-state index contributed by atoms with van der Waals surface area (Å²) < 4.78 is 2.13. The molecule has 0 radical (unpaired) electrons. The molecule has 36 heavy (non-hydrogen) atoms. The number of hydrogen-bond donors (Lipinski definition) is 2. The van der Waals surface area contributed by atoms with Gasteiger partial charge >= 0.3 is 0 Å². The second-order valence-corrected chi connectivity index (χ2v) is 9.15. The zero-order valence-electron chi connectivity index (χ0n) is 20.4. The third-order valence-electron chi connectivity index (χ3n) is 6.70. The molecule has 1 aliphatic rings. The van der Waals surface area contributed by atoms with E-state index in [1.165, 1.54) is 12.8 Å².